The van der Waals surface area contributed by atoms with Crippen LogP contribution < -0.4 is 0 Å². The predicted molar refractivity (Wildman–Crippen MR) is 175 cm³/mol. The molecule has 0 atom stereocenters. The van der Waals surface area contributed by atoms with Crippen LogP contribution in [0.3, 0.4) is 0 Å². The highest BCUT2D eigenvalue weighted by atomic mass is 16.1. The quantitative estimate of drug-likeness (QED) is 0.132. The monoisotopic (exact) mass is 540 g/mol. The number of hydrogen-bond donors (Lipinski definition) is 0. The number of hydrogen-bond acceptors (Lipinski definition) is 1. The normalized spacial score (nSPS) is 10.7. The van der Waals surface area contributed by atoms with Gasteiger partial charge < -0.3 is 0 Å². The van der Waals surface area contributed by atoms with E-state index in [0.29, 0.717) is 0 Å². The van der Waals surface area contributed by atoms with Gasteiger partial charge in [-0.3, -0.25) is 4.79 Å². The van der Waals surface area contributed by atoms with E-state index in [1.165, 1.54) is 22.3 Å². The molecule has 1 nitrogen and oxygen atoms in total. The molecule has 0 aliphatic heterocycles. The minimum Gasteiger partial charge on any atom is -0.299 e. The summed E-state index contributed by atoms with van der Waals surface area (Å²) in [4.78, 5) is 12.0. The third kappa shape index (κ3) is 6.22. The molecule has 1 heteroatoms. The van der Waals surface area contributed by atoms with Gasteiger partial charge in [0.25, 0.3) is 0 Å². The molecule has 42 heavy (non-hydrogen) atoms. The van der Waals surface area contributed by atoms with E-state index in [-0.39, 0.29) is 0 Å². The van der Waals surface area contributed by atoms with Gasteiger partial charge in [0.05, 0.1) is 0 Å². The highest BCUT2D eigenvalue weighted by molar-refractivity contribution is 5.98. The fourth-order valence-corrected chi connectivity index (χ4v) is 5.60. The molecule has 0 N–H and O–H groups in total. The second kappa shape index (κ2) is 12.9. The molecule has 6 aromatic carbocycles. The van der Waals surface area contributed by atoms with E-state index in [1.54, 1.807) is 6.08 Å². The summed E-state index contributed by atoms with van der Waals surface area (Å²) in [5.74, 6) is 0. The highest BCUT2D eigenvalue weighted by Crippen LogP contribution is 2.37. The van der Waals surface area contributed by atoms with Crippen LogP contribution in [-0.2, 0) is 17.6 Å². The van der Waals surface area contributed by atoms with Crippen molar-refractivity contribution in [1.29, 1.82) is 0 Å². The summed E-state index contributed by atoms with van der Waals surface area (Å²) in [5, 5.41) is 0. The second-order valence-corrected chi connectivity index (χ2v) is 10.5. The highest BCUT2D eigenvalue weighted by Gasteiger charge is 2.15. The third-order valence-electron chi connectivity index (χ3n) is 7.70. The van der Waals surface area contributed by atoms with Crippen molar-refractivity contribution in [3.63, 3.8) is 0 Å². The van der Waals surface area contributed by atoms with E-state index >= 15 is 0 Å². The Morgan fingerprint density at radius 1 is 0.405 bits per heavy atom. The lowest BCUT2D eigenvalue weighted by atomic mass is 9.86. The maximum absolute atomic E-state index is 12.0. The Bertz CT molecular complexity index is 1670. The molecule has 0 saturated heterocycles. The lowest BCUT2D eigenvalue weighted by Crippen LogP contribution is -1.96. The third-order valence-corrected chi connectivity index (χ3v) is 7.70. The lowest BCUT2D eigenvalue weighted by molar-refractivity contribution is -0.104. The lowest BCUT2D eigenvalue weighted by Gasteiger charge is -2.17. The fourth-order valence-electron chi connectivity index (χ4n) is 5.60. The molecule has 0 saturated carbocycles. The maximum Gasteiger partial charge on any atom is 0.143 e. The Morgan fingerprint density at radius 3 is 1.17 bits per heavy atom. The number of rotatable bonds is 9. The molecule has 0 aliphatic carbocycles. The van der Waals surface area contributed by atoms with Gasteiger partial charge in [0.2, 0.25) is 0 Å². The first kappa shape index (κ1) is 26.9. The Hall–Kier alpha value is -5.27. The summed E-state index contributed by atoms with van der Waals surface area (Å²) in [6.45, 7) is 0. The van der Waals surface area contributed by atoms with Crippen molar-refractivity contribution >= 4 is 11.9 Å². The molecule has 0 amide bonds. The van der Waals surface area contributed by atoms with Crippen molar-refractivity contribution in [2.24, 2.45) is 0 Å². The van der Waals surface area contributed by atoms with Crippen molar-refractivity contribution in [3.05, 3.63) is 197 Å². The molecule has 0 radical (unpaired) electrons. The Kier molecular flexibility index (Phi) is 8.29. The summed E-state index contributed by atoms with van der Waals surface area (Å²) in [5.41, 5.74) is 12.6. The SMILES string of the molecule is O=CC=C(c1ccccc1-c1ccc(Cc2ccccc2)cc1)c1ccccc1-c1ccc(Cc2ccccc2)cc1. The molecule has 202 valence electrons. The van der Waals surface area contributed by atoms with Gasteiger partial charge in [-0.25, -0.2) is 0 Å². The fraction of sp³-hybridized carbons (Fsp3) is 0.0488. The summed E-state index contributed by atoms with van der Waals surface area (Å²) in [6.07, 6.45) is 4.40. The molecule has 6 aromatic rings. The average Bonchev–Trinajstić information content (AvgIpc) is 3.05. The van der Waals surface area contributed by atoms with Crippen LogP contribution in [0, 0.1) is 0 Å². The summed E-state index contributed by atoms with van der Waals surface area (Å²) >= 11 is 0. The Labute approximate surface area is 248 Å². The predicted octanol–water partition coefficient (Wildman–Crippen LogP) is 9.83. The van der Waals surface area contributed by atoms with Crippen LogP contribution in [0.4, 0.5) is 0 Å². The van der Waals surface area contributed by atoms with Gasteiger partial charge in [0, 0.05) is 0 Å². The maximum atomic E-state index is 12.0. The molecular formula is C41H32O. The number of allylic oxidation sites excluding steroid dienone is 1. The van der Waals surface area contributed by atoms with E-state index < -0.39 is 0 Å². The zero-order chi connectivity index (χ0) is 28.6. The molecule has 6 rings (SSSR count). The first-order valence-corrected chi connectivity index (χ1v) is 14.4. The molecule has 0 aromatic heterocycles. The van der Waals surface area contributed by atoms with Crippen LogP contribution in [0.2, 0.25) is 0 Å². The largest absolute Gasteiger partial charge is 0.299 e. The van der Waals surface area contributed by atoms with E-state index in [1.807, 2.05) is 24.3 Å². The zero-order valence-electron chi connectivity index (χ0n) is 23.5. The van der Waals surface area contributed by atoms with E-state index in [0.717, 1.165) is 58.1 Å². The summed E-state index contributed by atoms with van der Waals surface area (Å²) < 4.78 is 0. The smallest absolute Gasteiger partial charge is 0.143 e. The van der Waals surface area contributed by atoms with Crippen LogP contribution in [0.5, 0.6) is 0 Å². The van der Waals surface area contributed by atoms with Gasteiger partial charge in [-0.2, -0.15) is 0 Å². The molecular weight excluding hydrogens is 508 g/mol. The van der Waals surface area contributed by atoms with Crippen molar-refractivity contribution in [3.8, 4) is 22.3 Å². The zero-order valence-corrected chi connectivity index (χ0v) is 23.5. The van der Waals surface area contributed by atoms with E-state index in [2.05, 4.69) is 133 Å². The minimum atomic E-state index is 0.898. The molecule has 0 bridgehead atoms. The Balaban J connectivity index is 1.33. The van der Waals surface area contributed by atoms with Gasteiger partial charge >= 0.3 is 0 Å². The first-order chi connectivity index (χ1) is 20.8. The Morgan fingerprint density at radius 2 is 0.762 bits per heavy atom. The minimum absolute atomic E-state index is 0.898. The molecule has 0 aliphatic rings. The van der Waals surface area contributed by atoms with Crippen LogP contribution >= 0.6 is 0 Å². The van der Waals surface area contributed by atoms with Crippen molar-refractivity contribution in [1.82, 2.24) is 0 Å². The van der Waals surface area contributed by atoms with Gasteiger partial charge in [0.15, 0.2) is 0 Å². The number of carbonyl (C=O) groups is 1. The summed E-state index contributed by atoms with van der Waals surface area (Å²) in [6, 6.07) is 55.3. The number of benzene rings is 6. The van der Waals surface area contributed by atoms with Gasteiger partial charge in [0.1, 0.15) is 6.29 Å². The standard InChI is InChI=1S/C41H32O/c42-28-27-41(39-17-9-7-15-37(39)35-23-19-33(20-24-35)29-31-11-3-1-4-12-31)40-18-10-8-16-38(40)36-25-21-34(22-26-36)30-32-13-5-2-6-14-32/h1-28H,29-30H2. The molecule has 0 unspecified atom stereocenters. The van der Waals surface area contributed by atoms with E-state index in [9.17, 15) is 4.79 Å². The second-order valence-electron chi connectivity index (χ2n) is 10.5. The van der Waals surface area contributed by atoms with Crippen LogP contribution in [0.15, 0.2) is 164 Å². The average molecular weight is 541 g/mol. The van der Waals surface area contributed by atoms with Crippen molar-refractivity contribution in [2.75, 3.05) is 0 Å². The van der Waals surface area contributed by atoms with Crippen LogP contribution in [0.25, 0.3) is 27.8 Å². The van der Waals surface area contributed by atoms with Gasteiger partial charge in [-0.05, 0) is 80.1 Å². The topological polar surface area (TPSA) is 17.1 Å². The van der Waals surface area contributed by atoms with Crippen molar-refractivity contribution in [2.45, 2.75) is 12.8 Å². The van der Waals surface area contributed by atoms with Gasteiger partial charge in [-0.1, -0.05) is 158 Å². The van der Waals surface area contributed by atoms with Gasteiger partial charge in [-0.15, -0.1) is 0 Å². The van der Waals surface area contributed by atoms with E-state index in [4.69, 9.17) is 0 Å². The van der Waals surface area contributed by atoms with Crippen LogP contribution in [-0.4, -0.2) is 6.29 Å². The molecule has 0 fully saturated rings. The number of carbonyl (C=O) groups excluding carboxylic acids is 1. The van der Waals surface area contributed by atoms with Crippen LogP contribution in [0.1, 0.15) is 33.4 Å². The first-order valence-electron chi connectivity index (χ1n) is 14.4. The summed E-state index contributed by atoms with van der Waals surface area (Å²) in [7, 11) is 0. The van der Waals surface area contributed by atoms with Crippen molar-refractivity contribution < 1.29 is 4.79 Å². The molecule has 0 spiro atoms. The molecule has 0 heterocycles. The number of aldehydes is 1.